The number of nitrogens with one attached hydrogen (secondary N) is 1. The van der Waals surface area contributed by atoms with Crippen molar-refractivity contribution in [3.05, 3.63) is 68.4 Å². The van der Waals surface area contributed by atoms with Gasteiger partial charge in [0.25, 0.3) is 5.91 Å². The highest BCUT2D eigenvalue weighted by atomic mass is 32.2. The number of fused-ring (bicyclic) bond motifs is 2. The summed E-state index contributed by atoms with van der Waals surface area (Å²) >= 11 is 2.16. The minimum Gasteiger partial charge on any atom is -0.493 e. The van der Waals surface area contributed by atoms with E-state index in [4.69, 9.17) is 14.2 Å². The van der Waals surface area contributed by atoms with Crippen molar-refractivity contribution >= 4 is 46.5 Å². The molecule has 0 aliphatic carbocycles. The van der Waals surface area contributed by atoms with E-state index in [-0.39, 0.29) is 23.1 Å². The van der Waals surface area contributed by atoms with Crippen LogP contribution < -0.4 is 19.2 Å². The predicted molar refractivity (Wildman–Crippen MR) is 145 cm³/mol. The average molecular weight is 586 g/mol. The van der Waals surface area contributed by atoms with Gasteiger partial charge in [-0.05, 0) is 42.0 Å². The van der Waals surface area contributed by atoms with E-state index in [1.54, 1.807) is 23.1 Å². The molecule has 1 aromatic heterocycles. The summed E-state index contributed by atoms with van der Waals surface area (Å²) in [5.41, 5.74) is 0.936. The molecule has 4 heterocycles. The minimum atomic E-state index is -0.805. The number of ether oxygens (including phenoxy) is 3. The molecule has 2 aromatic carbocycles. The number of carbonyl (C=O) groups is 3. The van der Waals surface area contributed by atoms with Gasteiger partial charge in [-0.25, -0.2) is 9.29 Å². The van der Waals surface area contributed by atoms with Crippen molar-refractivity contribution in [1.82, 2.24) is 9.88 Å². The molecule has 0 saturated carbocycles. The van der Waals surface area contributed by atoms with Crippen molar-refractivity contribution in [1.29, 1.82) is 0 Å². The summed E-state index contributed by atoms with van der Waals surface area (Å²) in [6.07, 6.45) is 0. The van der Waals surface area contributed by atoms with Gasteiger partial charge in [-0.1, -0.05) is 29.2 Å². The molecule has 2 fully saturated rings. The number of anilines is 1. The molecule has 10 nitrogen and oxygen atoms in total. The van der Waals surface area contributed by atoms with Crippen molar-refractivity contribution in [3.8, 4) is 11.5 Å². The van der Waals surface area contributed by atoms with Crippen LogP contribution in [-0.2, 0) is 19.1 Å². The number of halogens is 1. The molecule has 40 heavy (non-hydrogen) atoms. The van der Waals surface area contributed by atoms with Crippen LogP contribution in [0.3, 0.4) is 0 Å². The lowest BCUT2D eigenvalue weighted by atomic mass is 9.83. The molecule has 0 spiro atoms. The van der Waals surface area contributed by atoms with Crippen molar-refractivity contribution in [3.63, 3.8) is 0 Å². The first kappa shape index (κ1) is 26.5. The van der Waals surface area contributed by atoms with Gasteiger partial charge in [-0.2, -0.15) is 0 Å². The fraction of sp³-hybridized carbons (Fsp3) is 0.333. The van der Waals surface area contributed by atoms with Crippen LogP contribution in [0.5, 0.6) is 11.5 Å². The number of benzene rings is 2. The lowest BCUT2D eigenvalue weighted by Gasteiger charge is -2.30. The normalized spacial score (nSPS) is 22.2. The number of hydrogen-bond donors (Lipinski definition) is 1. The molecular formula is C27H24FN3O7S2. The zero-order valence-electron chi connectivity index (χ0n) is 21.3. The number of imide groups is 1. The second-order valence-corrected chi connectivity index (χ2v) is 11.6. The summed E-state index contributed by atoms with van der Waals surface area (Å²) in [6.45, 7) is 1.80. The number of aromatic amines is 1. The first-order valence-electron chi connectivity index (χ1n) is 12.5. The predicted octanol–water partition coefficient (Wildman–Crippen LogP) is 2.62. The standard InChI is InChI=1S/C27H24FN3O7S2/c1-36-18-12-14(2-7-17(18)38-13-19(32)30-8-10-37-11-9-30)20-21-23(39-24-22(20)40-27(35)29-24)26(34)31(25(21)33)16-5-3-15(28)4-6-16/h2-7,12,20-21,23H,8-11,13H2,1H3,(H,29,35). The highest BCUT2D eigenvalue weighted by molar-refractivity contribution is 8.00. The number of aromatic nitrogens is 1. The van der Waals surface area contributed by atoms with Crippen LogP contribution >= 0.6 is 23.1 Å². The van der Waals surface area contributed by atoms with Crippen molar-refractivity contribution < 1.29 is 33.0 Å². The average Bonchev–Trinajstić information content (AvgIpc) is 3.46. The largest absolute Gasteiger partial charge is 0.493 e. The maximum atomic E-state index is 13.8. The fourth-order valence-electron chi connectivity index (χ4n) is 5.26. The van der Waals surface area contributed by atoms with Gasteiger partial charge in [0, 0.05) is 23.9 Å². The Morgan fingerprint density at radius 1 is 1.07 bits per heavy atom. The molecule has 1 N–H and O–H groups in total. The first-order chi connectivity index (χ1) is 19.4. The molecule has 3 unspecified atom stereocenters. The number of hydrogen-bond acceptors (Lipinski definition) is 9. The van der Waals surface area contributed by atoms with Gasteiger partial charge in [0.15, 0.2) is 18.1 Å². The minimum absolute atomic E-state index is 0.167. The highest BCUT2D eigenvalue weighted by Crippen LogP contribution is 2.53. The zero-order valence-corrected chi connectivity index (χ0v) is 22.9. The number of nitrogens with zero attached hydrogens (tertiary/aromatic N) is 2. The smallest absolute Gasteiger partial charge is 0.305 e. The van der Waals surface area contributed by atoms with Crippen LogP contribution in [0.4, 0.5) is 10.1 Å². The number of thiazole rings is 1. The molecule has 3 aliphatic rings. The fourth-order valence-corrected chi connectivity index (χ4v) is 7.78. The van der Waals surface area contributed by atoms with Gasteiger partial charge in [-0.3, -0.25) is 19.2 Å². The van der Waals surface area contributed by atoms with E-state index in [0.29, 0.717) is 53.3 Å². The van der Waals surface area contributed by atoms with Crippen LogP contribution in [-0.4, -0.2) is 72.9 Å². The third-order valence-electron chi connectivity index (χ3n) is 7.17. The van der Waals surface area contributed by atoms with Crippen LogP contribution in [0.1, 0.15) is 16.4 Å². The Hall–Kier alpha value is -3.68. The van der Waals surface area contributed by atoms with Gasteiger partial charge in [0.1, 0.15) is 11.1 Å². The Morgan fingerprint density at radius 2 is 1.82 bits per heavy atom. The summed E-state index contributed by atoms with van der Waals surface area (Å²) in [7, 11) is 1.47. The molecule has 6 rings (SSSR count). The number of methoxy groups -OCH3 is 1. The number of morpholine rings is 1. The molecule has 3 amide bonds. The molecule has 2 saturated heterocycles. The second kappa shape index (κ2) is 10.7. The Morgan fingerprint density at radius 3 is 2.55 bits per heavy atom. The molecule has 3 aromatic rings. The Bertz CT molecular complexity index is 1530. The van der Waals surface area contributed by atoms with Gasteiger partial charge in [-0.15, -0.1) is 0 Å². The molecular weight excluding hydrogens is 561 g/mol. The van der Waals surface area contributed by atoms with E-state index in [1.165, 1.54) is 31.4 Å². The Balaban J connectivity index is 1.32. The first-order valence-corrected chi connectivity index (χ1v) is 14.2. The lowest BCUT2D eigenvalue weighted by molar-refractivity contribution is -0.137. The van der Waals surface area contributed by atoms with Gasteiger partial charge >= 0.3 is 4.87 Å². The molecule has 3 aliphatic heterocycles. The summed E-state index contributed by atoms with van der Waals surface area (Å²) in [6, 6.07) is 10.3. The van der Waals surface area contributed by atoms with E-state index >= 15 is 0 Å². The molecule has 13 heteroatoms. The van der Waals surface area contributed by atoms with Crippen LogP contribution in [0.25, 0.3) is 0 Å². The van der Waals surface area contributed by atoms with E-state index in [2.05, 4.69) is 4.98 Å². The van der Waals surface area contributed by atoms with E-state index in [9.17, 15) is 23.6 Å². The second-order valence-electron chi connectivity index (χ2n) is 9.43. The summed E-state index contributed by atoms with van der Waals surface area (Å²) < 4.78 is 30.2. The summed E-state index contributed by atoms with van der Waals surface area (Å²) in [5.74, 6) is -2.24. The molecule has 3 atom stereocenters. The van der Waals surface area contributed by atoms with Gasteiger partial charge < -0.3 is 24.1 Å². The van der Waals surface area contributed by atoms with E-state index in [1.807, 2.05) is 0 Å². The van der Waals surface area contributed by atoms with Crippen molar-refractivity contribution in [2.24, 2.45) is 5.92 Å². The molecule has 0 radical (unpaired) electrons. The quantitative estimate of drug-likeness (QED) is 0.439. The van der Waals surface area contributed by atoms with Crippen LogP contribution in [0.15, 0.2) is 52.3 Å². The maximum Gasteiger partial charge on any atom is 0.305 e. The molecule has 0 bridgehead atoms. The van der Waals surface area contributed by atoms with Crippen molar-refractivity contribution in [2.45, 2.75) is 16.2 Å². The van der Waals surface area contributed by atoms with Crippen molar-refractivity contribution in [2.75, 3.05) is 44.9 Å². The van der Waals surface area contributed by atoms with E-state index in [0.717, 1.165) is 28.0 Å². The number of rotatable bonds is 6. The maximum absolute atomic E-state index is 13.8. The third kappa shape index (κ3) is 4.67. The Labute approximate surface area is 236 Å². The van der Waals surface area contributed by atoms with E-state index < -0.39 is 34.7 Å². The number of H-pyrrole nitrogens is 1. The zero-order chi connectivity index (χ0) is 28.0. The van der Waals surface area contributed by atoms with Gasteiger partial charge in [0.05, 0.1) is 37.0 Å². The highest BCUT2D eigenvalue weighted by Gasteiger charge is 2.56. The Kier molecular flexibility index (Phi) is 7.11. The SMILES string of the molecule is COc1cc(C2c3sc(=O)[nH]c3SC3C(=O)N(c4ccc(F)cc4)C(=O)C32)ccc1OCC(=O)N1CCOCC1. The number of amides is 3. The topological polar surface area (TPSA) is 118 Å². The van der Waals surface area contributed by atoms with Crippen LogP contribution in [0.2, 0.25) is 0 Å². The molecule has 208 valence electrons. The van der Waals surface area contributed by atoms with Gasteiger partial charge in [0.2, 0.25) is 11.8 Å². The lowest BCUT2D eigenvalue weighted by Crippen LogP contribution is -2.43. The number of thioether (sulfide) groups is 1. The number of carbonyl (C=O) groups excluding carboxylic acids is 3. The van der Waals surface area contributed by atoms with Crippen LogP contribution in [0, 0.1) is 11.7 Å². The summed E-state index contributed by atoms with van der Waals surface area (Å²) in [4.78, 5) is 58.1. The third-order valence-corrected chi connectivity index (χ3v) is 9.57. The monoisotopic (exact) mass is 585 g/mol. The summed E-state index contributed by atoms with van der Waals surface area (Å²) in [5, 5.41) is -0.243.